The number of rotatable bonds is 7. The van der Waals surface area contributed by atoms with Gasteiger partial charge in [0.25, 0.3) is 0 Å². The molecule has 1 aliphatic carbocycles. The fourth-order valence-electron chi connectivity index (χ4n) is 10.9. The van der Waals surface area contributed by atoms with Crippen molar-refractivity contribution in [3.05, 3.63) is 254 Å². The van der Waals surface area contributed by atoms with Crippen molar-refractivity contribution in [1.82, 2.24) is 4.57 Å². The fourth-order valence-corrected chi connectivity index (χ4v) is 10.9. The molecule has 2 nitrogen and oxygen atoms in total. The molecule has 0 fully saturated rings. The molecule has 0 N–H and O–H groups in total. The Labute approximate surface area is 391 Å². The molecule has 0 saturated carbocycles. The van der Waals surface area contributed by atoms with Gasteiger partial charge in [-0.1, -0.05) is 190 Å². The molecule has 1 aromatic heterocycles. The molecular formula is C65H46N2. The van der Waals surface area contributed by atoms with Crippen molar-refractivity contribution in [2.24, 2.45) is 0 Å². The Morgan fingerprint density at radius 1 is 0.313 bits per heavy atom. The van der Waals surface area contributed by atoms with Crippen LogP contribution < -0.4 is 4.90 Å². The van der Waals surface area contributed by atoms with Crippen molar-refractivity contribution < 1.29 is 0 Å². The normalized spacial score (nSPS) is 12.7. The highest BCUT2D eigenvalue weighted by atomic mass is 15.1. The molecule has 11 aromatic carbocycles. The maximum atomic E-state index is 2.43. The maximum absolute atomic E-state index is 2.43. The van der Waals surface area contributed by atoms with E-state index < -0.39 is 0 Å². The van der Waals surface area contributed by atoms with Gasteiger partial charge in [-0.25, -0.2) is 0 Å². The second kappa shape index (κ2) is 15.3. The average Bonchev–Trinajstić information content (AvgIpc) is 3.84. The second-order valence-corrected chi connectivity index (χ2v) is 18.6. The second-order valence-electron chi connectivity index (χ2n) is 18.6. The van der Waals surface area contributed by atoms with Crippen LogP contribution in [0.1, 0.15) is 25.0 Å². The lowest BCUT2D eigenvalue weighted by atomic mass is 9.82. The molecule has 0 aliphatic heterocycles. The lowest BCUT2D eigenvalue weighted by Crippen LogP contribution is -2.16. The summed E-state index contributed by atoms with van der Waals surface area (Å²) in [5.74, 6) is 0. The van der Waals surface area contributed by atoms with Crippen molar-refractivity contribution >= 4 is 60.4 Å². The summed E-state index contributed by atoms with van der Waals surface area (Å²) in [5, 5.41) is 7.51. The Bertz CT molecular complexity index is 3870. The van der Waals surface area contributed by atoms with Crippen molar-refractivity contribution in [2.75, 3.05) is 4.90 Å². The highest BCUT2D eigenvalue weighted by Gasteiger charge is 2.35. The van der Waals surface area contributed by atoms with E-state index in [9.17, 15) is 0 Å². The van der Waals surface area contributed by atoms with Crippen molar-refractivity contribution in [3.63, 3.8) is 0 Å². The molecular weight excluding hydrogens is 809 g/mol. The maximum Gasteiger partial charge on any atom is 0.0541 e. The molecule has 0 atom stereocenters. The Morgan fingerprint density at radius 3 is 1.57 bits per heavy atom. The summed E-state index contributed by atoms with van der Waals surface area (Å²) in [6.07, 6.45) is 0. The third kappa shape index (κ3) is 6.40. The first kappa shape index (κ1) is 39.0. The number of benzene rings is 11. The van der Waals surface area contributed by atoms with Crippen LogP contribution in [0, 0.1) is 0 Å². The molecule has 0 amide bonds. The molecule has 67 heavy (non-hydrogen) atoms. The molecule has 13 rings (SSSR count). The van der Waals surface area contributed by atoms with E-state index in [0.717, 1.165) is 17.1 Å². The number of fused-ring (bicyclic) bond motifs is 8. The van der Waals surface area contributed by atoms with Gasteiger partial charge in [-0.05, 0) is 139 Å². The summed E-state index contributed by atoms with van der Waals surface area (Å²) in [7, 11) is 0. The van der Waals surface area contributed by atoms with Crippen molar-refractivity contribution in [3.8, 4) is 50.2 Å². The number of aromatic nitrogens is 1. The Kier molecular flexibility index (Phi) is 8.91. The van der Waals surface area contributed by atoms with E-state index in [-0.39, 0.29) is 5.41 Å². The minimum atomic E-state index is -0.105. The van der Waals surface area contributed by atoms with Crippen LogP contribution >= 0.6 is 0 Å². The number of hydrogen-bond donors (Lipinski definition) is 0. The standard InChI is InChI=1S/C65H46N2/c1-65(2)60-19-9-7-17-56(60)57-38-37-54(42-61(57)65)66(53-35-30-47(31-36-53)50-27-26-43-12-3-4-14-49(43)40-50)52-33-28-45(29-34-52)44-22-24-46(25-23-44)51-32-39-64-59(41-51)58-18-8-10-20-63(58)67(64)62-21-11-15-48-13-5-6-16-55(48)62/h3-42H,1-2H3. The van der Waals surface area contributed by atoms with E-state index in [1.807, 2.05) is 0 Å². The van der Waals surface area contributed by atoms with Gasteiger partial charge >= 0.3 is 0 Å². The van der Waals surface area contributed by atoms with Crippen LogP contribution in [0.4, 0.5) is 17.1 Å². The molecule has 0 saturated heterocycles. The molecule has 1 heterocycles. The molecule has 12 aromatic rings. The summed E-state index contributed by atoms with van der Waals surface area (Å²) in [6, 6.07) is 89.4. The monoisotopic (exact) mass is 854 g/mol. The SMILES string of the molecule is CC1(C)c2ccccc2-c2ccc(N(c3ccc(-c4ccc(-c5ccc6c(c5)c5ccccc5n6-c5cccc6ccccc56)cc4)cc3)c3ccc(-c4ccc5ccccc5c4)cc3)cc21. The summed E-state index contributed by atoms with van der Waals surface area (Å²) < 4.78 is 2.43. The summed E-state index contributed by atoms with van der Waals surface area (Å²) in [5.41, 5.74) is 19.5. The first-order valence-electron chi connectivity index (χ1n) is 23.3. The van der Waals surface area contributed by atoms with Gasteiger partial charge in [0.1, 0.15) is 0 Å². The Balaban J connectivity index is 0.841. The quantitative estimate of drug-likeness (QED) is 0.155. The first-order valence-corrected chi connectivity index (χ1v) is 23.3. The zero-order chi connectivity index (χ0) is 44.6. The van der Waals surface area contributed by atoms with Gasteiger partial charge in [0.2, 0.25) is 0 Å². The number of para-hydroxylation sites is 1. The fraction of sp³-hybridized carbons (Fsp3) is 0.0462. The minimum Gasteiger partial charge on any atom is -0.310 e. The average molecular weight is 855 g/mol. The molecule has 316 valence electrons. The third-order valence-electron chi connectivity index (χ3n) is 14.4. The van der Waals surface area contributed by atoms with Crippen molar-refractivity contribution in [1.29, 1.82) is 0 Å². The van der Waals surface area contributed by atoms with Crippen molar-refractivity contribution in [2.45, 2.75) is 19.3 Å². The van der Waals surface area contributed by atoms with Crippen LogP contribution in [-0.4, -0.2) is 4.57 Å². The largest absolute Gasteiger partial charge is 0.310 e. The Hall–Kier alpha value is -8.46. The topological polar surface area (TPSA) is 8.17 Å². The molecule has 2 heteroatoms. The lowest BCUT2D eigenvalue weighted by molar-refractivity contribution is 0.660. The molecule has 1 aliphatic rings. The van der Waals surface area contributed by atoms with E-state index in [1.165, 1.54) is 105 Å². The number of nitrogens with zero attached hydrogens (tertiary/aromatic N) is 2. The summed E-state index contributed by atoms with van der Waals surface area (Å²) in [6.45, 7) is 4.71. The summed E-state index contributed by atoms with van der Waals surface area (Å²) in [4.78, 5) is 2.41. The molecule has 0 radical (unpaired) electrons. The predicted molar refractivity (Wildman–Crippen MR) is 284 cm³/mol. The Morgan fingerprint density at radius 2 is 0.821 bits per heavy atom. The van der Waals surface area contributed by atoms with Gasteiger partial charge in [0.05, 0.1) is 16.7 Å². The van der Waals surface area contributed by atoms with Crippen LogP contribution in [0.15, 0.2) is 243 Å². The van der Waals surface area contributed by atoms with Crippen LogP contribution in [0.2, 0.25) is 0 Å². The zero-order valence-electron chi connectivity index (χ0n) is 37.5. The molecule has 0 spiro atoms. The van der Waals surface area contributed by atoms with Gasteiger partial charge in [0.15, 0.2) is 0 Å². The highest BCUT2D eigenvalue weighted by molar-refractivity contribution is 6.11. The highest BCUT2D eigenvalue weighted by Crippen LogP contribution is 2.51. The zero-order valence-corrected chi connectivity index (χ0v) is 37.5. The predicted octanol–water partition coefficient (Wildman–Crippen LogP) is 17.9. The smallest absolute Gasteiger partial charge is 0.0541 e. The van der Waals surface area contributed by atoms with Gasteiger partial charge < -0.3 is 9.47 Å². The van der Waals surface area contributed by atoms with E-state index in [1.54, 1.807) is 0 Å². The number of anilines is 3. The minimum absolute atomic E-state index is 0.105. The van der Waals surface area contributed by atoms with Gasteiger partial charge in [0, 0.05) is 38.6 Å². The first-order chi connectivity index (χ1) is 33.0. The third-order valence-corrected chi connectivity index (χ3v) is 14.4. The van der Waals surface area contributed by atoms with Crippen LogP contribution in [0.25, 0.3) is 93.5 Å². The van der Waals surface area contributed by atoms with E-state index >= 15 is 0 Å². The van der Waals surface area contributed by atoms with E-state index in [4.69, 9.17) is 0 Å². The van der Waals surface area contributed by atoms with Gasteiger partial charge in [-0.3, -0.25) is 0 Å². The van der Waals surface area contributed by atoms with Crippen LogP contribution in [0.3, 0.4) is 0 Å². The van der Waals surface area contributed by atoms with Crippen LogP contribution in [-0.2, 0) is 5.41 Å². The molecule has 0 unspecified atom stereocenters. The molecule has 0 bridgehead atoms. The van der Waals surface area contributed by atoms with Gasteiger partial charge in [-0.2, -0.15) is 0 Å². The number of hydrogen-bond acceptors (Lipinski definition) is 1. The summed E-state index contributed by atoms with van der Waals surface area (Å²) >= 11 is 0. The van der Waals surface area contributed by atoms with E-state index in [0.29, 0.717) is 0 Å². The van der Waals surface area contributed by atoms with Crippen LogP contribution in [0.5, 0.6) is 0 Å². The van der Waals surface area contributed by atoms with E-state index in [2.05, 4.69) is 266 Å². The van der Waals surface area contributed by atoms with Gasteiger partial charge in [-0.15, -0.1) is 0 Å². The lowest BCUT2D eigenvalue weighted by Gasteiger charge is -2.28.